The molecule has 0 aromatic rings. The SMILES string of the molecule is CCCCN(CCCC)CC1(CCC)CCCNC1. The van der Waals surface area contributed by atoms with E-state index in [0.29, 0.717) is 5.41 Å². The zero-order valence-corrected chi connectivity index (χ0v) is 13.6. The van der Waals surface area contributed by atoms with Gasteiger partial charge in [0.05, 0.1) is 0 Å². The van der Waals surface area contributed by atoms with Gasteiger partial charge in [-0.15, -0.1) is 0 Å². The normalized spacial score (nSPS) is 24.0. The average molecular weight is 268 g/mol. The summed E-state index contributed by atoms with van der Waals surface area (Å²) < 4.78 is 0. The Hall–Kier alpha value is -0.0800. The van der Waals surface area contributed by atoms with Gasteiger partial charge in [-0.05, 0) is 57.2 Å². The van der Waals surface area contributed by atoms with Crippen molar-refractivity contribution in [1.29, 1.82) is 0 Å². The number of hydrogen-bond acceptors (Lipinski definition) is 2. The number of nitrogens with zero attached hydrogens (tertiary/aromatic N) is 1. The predicted octanol–water partition coefficient (Wildman–Crippen LogP) is 4.06. The number of hydrogen-bond donors (Lipinski definition) is 1. The van der Waals surface area contributed by atoms with Gasteiger partial charge in [-0.3, -0.25) is 0 Å². The second-order valence-electron chi connectivity index (χ2n) is 6.51. The summed E-state index contributed by atoms with van der Waals surface area (Å²) in [7, 11) is 0. The molecule has 1 unspecified atom stereocenters. The van der Waals surface area contributed by atoms with Gasteiger partial charge in [0.15, 0.2) is 0 Å². The highest BCUT2D eigenvalue weighted by Gasteiger charge is 2.32. The molecule has 0 amide bonds. The van der Waals surface area contributed by atoms with E-state index in [1.807, 2.05) is 0 Å². The van der Waals surface area contributed by atoms with Gasteiger partial charge in [-0.25, -0.2) is 0 Å². The number of rotatable bonds is 10. The Morgan fingerprint density at radius 1 is 1.00 bits per heavy atom. The van der Waals surface area contributed by atoms with E-state index in [1.165, 1.54) is 84.1 Å². The van der Waals surface area contributed by atoms with Gasteiger partial charge in [-0.2, -0.15) is 0 Å². The largest absolute Gasteiger partial charge is 0.316 e. The van der Waals surface area contributed by atoms with E-state index in [-0.39, 0.29) is 0 Å². The molecule has 1 fully saturated rings. The number of piperidine rings is 1. The Bertz CT molecular complexity index is 196. The first-order valence-corrected chi connectivity index (χ1v) is 8.69. The maximum Gasteiger partial charge on any atom is 0.00501 e. The molecule has 2 heteroatoms. The van der Waals surface area contributed by atoms with Crippen molar-refractivity contribution in [3.05, 3.63) is 0 Å². The second kappa shape index (κ2) is 9.77. The minimum Gasteiger partial charge on any atom is -0.316 e. The quantitative estimate of drug-likeness (QED) is 0.643. The lowest BCUT2D eigenvalue weighted by Crippen LogP contribution is -2.48. The number of nitrogens with one attached hydrogen (secondary N) is 1. The van der Waals surface area contributed by atoms with Crippen LogP contribution < -0.4 is 5.32 Å². The van der Waals surface area contributed by atoms with Crippen LogP contribution in [0.1, 0.15) is 72.1 Å². The van der Waals surface area contributed by atoms with E-state index in [1.54, 1.807) is 0 Å². The molecule has 1 aliphatic rings. The van der Waals surface area contributed by atoms with Crippen LogP contribution in [0.5, 0.6) is 0 Å². The molecular weight excluding hydrogens is 232 g/mol. The first kappa shape index (κ1) is 17.0. The van der Waals surface area contributed by atoms with Crippen LogP contribution in [-0.4, -0.2) is 37.6 Å². The van der Waals surface area contributed by atoms with Crippen molar-refractivity contribution in [3.63, 3.8) is 0 Å². The maximum absolute atomic E-state index is 3.65. The molecule has 1 atom stereocenters. The van der Waals surface area contributed by atoms with E-state index in [0.717, 1.165) is 0 Å². The van der Waals surface area contributed by atoms with Gasteiger partial charge in [0.2, 0.25) is 0 Å². The summed E-state index contributed by atoms with van der Waals surface area (Å²) in [5.41, 5.74) is 0.564. The third kappa shape index (κ3) is 6.27. The third-order valence-electron chi connectivity index (χ3n) is 4.56. The summed E-state index contributed by atoms with van der Waals surface area (Å²) in [6.45, 7) is 13.4. The minimum atomic E-state index is 0.564. The topological polar surface area (TPSA) is 15.3 Å². The van der Waals surface area contributed by atoms with Gasteiger partial charge in [-0.1, -0.05) is 40.0 Å². The molecule has 2 nitrogen and oxygen atoms in total. The number of unbranched alkanes of at least 4 members (excludes halogenated alkanes) is 2. The average Bonchev–Trinajstić information content (AvgIpc) is 2.43. The van der Waals surface area contributed by atoms with Crippen LogP contribution in [0.3, 0.4) is 0 Å². The summed E-state index contributed by atoms with van der Waals surface area (Å²) in [6, 6.07) is 0. The van der Waals surface area contributed by atoms with Crippen molar-refractivity contribution in [2.45, 2.75) is 72.1 Å². The zero-order chi connectivity index (χ0) is 14.0. The van der Waals surface area contributed by atoms with E-state index < -0.39 is 0 Å². The van der Waals surface area contributed by atoms with Gasteiger partial charge < -0.3 is 10.2 Å². The van der Waals surface area contributed by atoms with Gasteiger partial charge >= 0.3 is 0 Å². The highest BCUT2D eigenvalue weighted by Crippen LogP contribution is 2.32. The molecule has 114 valence electrons. The van der Waals surface area contributed by atoms with Crippen molar-refractivity contribution in [2.24, 2.45) is 5.41 Å². The Balaban J connectivity index is 2.54. The monoisotopic (exact) mass is 268 g/mol. The molecule has 1 aliphatic heterocycles. The Kier molecular flexibility index (Phi) is 8.72. The first-order chi connectivity index (χ1) is 9.26. The van der Waals surface area contributed by atoms with Crippen LogP contribution in [0.15, 0.2) is 0 Å². The molecule has 0 aromatic carbocycles. The van der Waals surface area contributed by atoms with Crippen molar-refractivity contribution >= 4 is 0 Å². The standard InChI is InChI=1S/C17H36N2/c1-4-7-13-19(14-8-5-2)16-17(10-6-3)11-9-12-18-15-17/h18H,4-16H2,1-3H3. The van der Waals surface area contributed by atoms with Crippen LogP contribution in [0.2, 0.25) is 0 Å². The molecular formula is C17H36N2. The van der Waals surface area contributed by atoms with Crippen LogP contribution >= 0.6 is 0 Å². The Morgan fingerprint density at radius 3 is 2.16 bits per heavy atom. The summed E-state index contributed by atoms with van der Waals surface area (Å²) >= 11 is 0. The summed E-state index contributed by atoms with van der Waals surface area (Å²) in [5.74, 6) is 0. The fraction of sp³-hybridized carbons (Fsp3) is 1.00. The van der Waals surface area contributed by atoms with Crippen LogP contribution in [0.4, 0.5) is 0 Å². The van der Waals surface area contributed by atoms with Gasteiger partial charge in [0.1, 0.15) is 0 Å². The molecule has 19 heavy (non-hydrogen) atoms. The molecule has 0 bridgehead atoms. The molecule has 0 spiro atoms. The summed E-state index contributed by atoms with van der Waals surface area (Å²) in [4.78, 5) is 2.76. The molecule has 0 aliphatic carbocycles. The van der Waals surface area contributed by atoms with Gasteiger partial charge in [0.25, 0.3) is 0 Å². The second-order valence-corrected chi connectivity index (χ2v) is 6.51. The lowest BCUT2D eigenvalue weighted by molar-refractivity contribution is 0.104. The smallest absolute Gasteiger partial charge is 0.00501 e. The van der Waals surface area contributed by atoms with E-state index in [9.17, 15) is 0 Å². The van der Waals surface area contributed by atoms with E-state index in [4.69, 9.17) is 0 Å². The molecule has 0 aromatic heterocycles. The highest BCUT2D eigenvalue weighted by molar-refractivity contribution is 4.88. The molecule has 1 saturated heterocycles. The lowest BCUT2D eigenvalue weighted by Gasteiger charge is -2.41. The van der Waals surface area contributed by atoms with Crippen LogP contribution in [-0.2, 0) is 0 Å². The molecule has 1 heterocycles. The lowest BCUT2D eigenvalue weighted by atomic mass is 9.76. The molecule has 1 rings (SSSR count). The van der Waals surface area contributed by atoms with Gasteiger partial charge in [0, 0.05) is 13.1 Å². The van der Waals surface area contributed by atoms with E-state index >= 15 is 0 Å². The third-order valence-corrected chi connectivity index (χ3v) is 4.56. The fourth-order valence-electron chi connectivity index (χ4n) is 3.50. The van der Waals surface area contributed by atoms with Crippen molar-refractivity contribution in [2.75, 3.05) is 32.7 Å². The highest BCUT2D eigenvalue weighted by atomic mass is 15.1. The van der Waals surface area contributed by atoms with E-state index in [2.05, 4.69) is 31.0 Å². The predicted molar refractivity (Wildman–Crippen MR) is 85.7 cm³/mol. The summed E-state index contributed by atoms with van der Waals surface area (Å²) in [6.07, 6.45) is 10.9. The van der Waals surface area contributed by atoms with Crippen molar-refractivity contribution < 1.29 is 0 Å². The molecule has 0 saturated carbocycles. The zero-order valence-electron chi connectivity index (χ0n) is 13.6. The van der Waals surface area contributed by atoms with Crippen molar-refractivity contribution in [3.8, 4) is 0 Å². The fourth-order valence-corrected chi connectivity index (χ4v) is 3.50. The van der Waals surface area contributed by atoms with Crippen LogP contribution in [0, 0.1) is 5.41 Å². The summed E-state index contributed by atoms with van der Waals surface area (Å²) in [5, 5.41) is 3.65. The minimum absolute atomic E-state index is 0.564. The van der Waals surface area contributed by atoms with Crippen molar-refractivity contribution in [1.82, 2.24) is 10.2 Å². The molecule has 1 N–H and O–H groups in total. The Morgan fingerprint density at radius 2 is 1.68 bits per heavy atom. The molecule has 0 radical (unpaired) electrons. The maximum atomic E-state index is 3.65. The Labute approximate surface area is 121 Å². The van der Waals surface area contributed by atoms with Crippen LogP contribution in [0.25, 0.3) is 0 Å². The first-order valence-electron chi connectivity index (χ1n) is 8.69.